The molecule has 0 radical (unpaired) electrons. The van der Waals surface area contributed by atoms with Gasteiger partial charge in [-0.25, -0.2) is 0 Å². The lowest BCUT2D eigenvalue weighted by Gasteiger charge is -2.28. The summed E-state index contributed by atoms with van der Waals surface area (Å²) in [6, 6.07) is 7.40. The molecule has 0 spiro atoms. The van der Waals surface area contributed by atoms with E-state index in [0.717, 1.165) is 19.3 Å². The Labute approximate surface area is 120 Å². The molecule has 1 aromatic heterocycles. The Morgan fingerprint density at radius 1 is 1.20 bits per heavy atom. The molecule has 1 aromatic carbocycles. The predicted octanol–water partition coefficient (Wildman–Crippen LogP) is 3.48. The molecule has 1 aliphatic carbocycles. The summed E-state index contributed by atoms with van der Waals surface area (Å²) in [6.07, 6.45) is 9.56. The van der Waals surface area contributed by atoms with Crippen LogP contribution in [0.5, 0.6) is 0 Å². The van der Waals surface area contributed by atoms with Gasteiger partial charge in [0, 0.05) is 40.9 Å². The van der Waals surface area contributed by atoms with Gasteiger partial charge in [-0.2, -0.15) is 0 Å². The molecule has 0 atom stereocenters. The van der Waals surface area contributed by atoms with Crippen LogP contribution in [0.2, 0.25) is 0 Å². The predicted molar refractivity (Wildman–Crippen MR) is 85.0 cm³/mol. The van der Waals surface area contributed by atoms with E-state index in [1.54, 1.807) is 0 Å². The molecule has 1 heterocycles. The van der Waals surface area contributed by atoms with E-state index < -0.39 is 0 Å². The molecular formula is C17H23N3. The number of nitrogens with one attached hydrogen (secondary N) is 1. The fourth-order valence-corrected chi connectivity index (χ4v) is 3.18. The summed E-state index contributed by atoms with van der Waals surface area (Å²) in [6.45, 7) is 2.19. The van der Waals surface area contributed by atoms with Crippen LogP contribution in [0.1, 0.15) is 38.2 Å². The van der Waals surface area contributed by atoms with E-state index in [-0.39, 0.29) is 0 Å². The molecule has 106 valence electrons. The minimum atomic E-state index is 0.399. The van der Waals surface area contributed by atoms with Crippen LogP contribution in [0, 0.1) is 0 Å². The Bertz CT molecular complexity index is 581. The second-order valence-electron chi connectivity index (χ2n) is 5.81. The van der Waals surface area contributed by atoms with Gasteiger partial charge in [-0.1, -0.05) is 19.1 Å². The molecule has 0 unspecified atom stereocenters. The fraction of sp³-hybridized carbons (Fsp3) is 0.471. The van der Waals surface area contributed by atoms with Crippen LogP contribution in [-0.2, 0) is 6.42 Å². The molecule has 0 aliphatic heterocycles. The zero-order valence-electron chi connectivity index (χ0n) is 12.1. The first-order valence-corrected chi connectivity index (χ1v) is 7.65. The Hall–Kier alpha value is -1.61. The number of benzene rings is 1. The van der Waals surface area contributed by atoms with Gasteiger partial charge in [0.05, 0.1) is 0 Å². The number of rotatable bonds is 3. The summed E-state index contributed by atoms with van der Waals surface area (Å²) in [7, 11) is 0. The van der Waals surface area contributed by atoms with Gasteiger partial charge >= 0.3 is 0 Å². The second-order valence-corrected chi connectivity index (χ2v) is 5.81. The third-order valence-electron chi connectivity index (χ3n) is 4.37. The zero-order valence-corrected chi connectivity index (χ0v) is 12.1. The van der Waals surface area contributed by atoms with Crippen LogP contribution >= 0.6 is 0 Å². The highest BCUT2D eigenvalue weighted by atomic mass is 14.9. The SMILES string of the molecule is CCc1cncc2cccc(N[C@H]3CC[C@H](N)CC3)c12. The van der Waals surface area contributed by atoms with Crippen molar-refractivity contribution in [2.45, 2.75) is 51.1 Å². The maximum Gasteiger partial charge on any atom is 0.0425 e. The highest BCUT2D eigenvalue weighted by molar-refractivity contribution is 5.96. The van der Waals surface area contributed by atoms with Gasteiger partial charge in [-0.3, -0.25) is 4.98 Å². The van der Waals surface area contributed by atoms with Crippen LogP contribution in [0.3, 0.4) is 0 Å². The molecule has 20 heavy (non-hydrogen) atoms. The molecule has 0 saturated heterocycles. The molecule has 3 rings (SSSR count). The van der Waals surface area contributed by atoms with Crippen molar-refractivity contribution >= 4 is 16.5 Å². The van der Waals surface area contributed by atoms with Crippen LogP contribution < -0.4 is 11.1 Å². The first-order chi connectivity index (χ1) is 9.78. The minimum Gasteiger partial charge on any atom is -0.382 e. The average molecular weight is 269 g/mol. The maximum atomic E-state index is 5.99. The number of anilines is 1. The monoisotopic (exact) mass is 269 g/mol. The van der Waals surface area contributed by atoms with Crippen molar-refractivity contribution in [2.75, 3.05) is 5.32 Å². The third kappa shape index (κ3) is 2.63. The van der Waals surface area contributed by atoms with Crippen molar-refractivity contribution in [3.8, 4) is 0 Å². The number of nitrogens with two attached hydrogens (primary N) is 1. The number of aryl methyl sites for hydroxylation is 1. The first kappa shape index (κ1) is 13.4. The van der Waals surface area contributed by atoms with Crippen molar-refractivity contribution < 1.29 is 0 Å². The van der Waals surface area contributed by atoms with Crippen molar-refractivity contribution in [1.29, 1.82) is 0 Å². The highest BCUT2D eigenvalue weighted by Gasteiger charge is 2.19. The van der Waals surface area contributed by atoms with Gasteiger partial charge < -0.3 is 11.1 Å². The number of hydrogen-bond acceptors (Lipinski definition) is 3. The standard InChI is InChI=1S/C17H23N3/c1-2-12-10-19-11-13-4-3-5-16(17(12)13)20-15-8-6-14(18)7-9-15/h3-5,10-11,14-15,20H,2,6-9,18H2,1H3/t14-,15-. The van der Waals surface area contributed by atoms with E-state index in [2.05, 4.69) is 35.4 Å². The number of nitrogens with zero attached hydrogens (tertiary/aromatic N) is 1. The van der Waals surface area contributed by atoms with Gasteiger partial charge in [-0.05, 0) is 43.7 Å². The summed E-state index contributed by atoms with van der Waals surface area (Å²) in [5, 5.41) is 6.29. The summed E-state index contributed by atoms with van der Waals surface area (Å²) in [5.74, 6) is 0. The lowest BCUT2D eigenvalue weighted by atomic mass is 9.91. The molecule has 1 aliphatic rings. The van der Waals surface area contributed by atoms with Gasteiger partial charge in [-0.15, -0.1) is 0 Å². The third-order valence-corrected chi connectivity index (χ3v) is 4.37. The molecular weight excluding hydrogens is 246 g/mol. The summed E-state index contributed by atoms with van der Waals surface area (Å²) in [5.41, 5.74) is 8.56. The van der Waals surface area contributed by atoms with Gasteiger partial charge in [0.1, 0.15) is 0 Å². The van der Waals surface area contributed by atoms with E-state index in [9.17, 15) is 0 Å². The first-order valence-electron chi connectivity index (χ1n) is 7.65. The number of hydrogen-bond donors (Lipinski definition) is 2. The summed E-state index contributed by atoms with van der Waals surface area (Å²) >= 11 is 0. The lowest BCUT2D eigenvalue weighted by molar-refractivity contribution is 0.411. The quantitative estimate of drug-likeness (QED) is 0.897. The molecule has 3 heteroatoms. The Kier molecular flexibility index (Phi) is 3.88. The van der Waals surface area contributed by atoms with Crippen LogP contribution in [-0.4, -0.2) is 17.1 Å². The summed E-state index contributed by atoms with van der Waals surface area (Å²) in [4.78, 5) is 4.34. The maximum absolute atomic E-state index is 5.99. The molecule has 1 saturated carbocycles. The van der Waals surface area contributed by atoms with Crippen LogP contribution in [0.4, 0.5) is 5.69 Å². The fourth-order valence-electron chi connectivity index (χ4n) is 3.18. The van der Waals surface area contributed by atoms with E-state index in [0.29, 0.717) is 12.1 Å². The van der Waals surface area contributed by atoms with Crippen molar-refractivity contribution in [2.24, 2.45) is 5.73 Å². The molecule has 1 fully saturated rings. The van der Waals surface area contributed by atoms with E-state index in [4.69, 9.17) is 5.73 Å². The number of aromatic nitrogens is 1. The highest BCUT2D eigenvalue weighted by Crippen LogP contribution is 2.29. The van der Waals surface area contributed by atoms with Crippen molar-refractivity contribution in [1.82, 2.24) is 4.98 Å². The van der Waals surface area contributed by atoms with Crippen LogP contribution in [0.25, 0.3) is 10.8 Å². The summed E-state index contributed by atoms with van der Waals surface area (Å²) < 4.78 is 0. The number of fused-ring (bicyclic) bond motifs is 1. The average Bonchev–Trinajstić information content (AvgIpc) is 2.49. The van der Waals surface area contributed by atoms with Crippen molar-refractivity contribution in [3.63, 3.8) is 0 Å². The molecule has 0 bridgehead atoms. The lowest BCUT2D eigenvalue weighted by Crippen LogP contribution is -2.32. The Morgan fingerprint density at radius 3 is 2.75 bits per heavy atom. The molecule has 2 aromatic rings. The van der Waals surface area contributed by atoms with Crippen LogP contribution in [0.15, 0.2) is 30.6 Å². The van der Waals surface area contributed by atoms with E-state index >= 15 is 0 Å². The largest absolute Gasteiger partial charge is 0.382 e. The Balaban J connectivity index is 1.91. The zero-order chi connectivity index (χ0) is 13.9. The normalized spacial score (nSPS) is 22.9. The molecule has 3 nitrogen and oxygen atoms in total. The molecule has 0 amide bonds. The smallest absolute Gasteiger partial charge is 0.0425 e. The number of pyridine rings is 1. The van der Waals surface area contributed by atoms with Gasteiger partial charge in [0.2, 0.25) is 0 Å². The second kappa shape index (κ2) is 5.80. The molecule has 3 N–H and O–H groups in total. The topological polar surface area (TPSA) is 50.9 Å². The van der Waals surface area contributed by atoms with Gasteiger partial charge in [0.15, 0.2) is 0 Å². The Morgan fingerprint density at radius 2 is 2.00 bits per heavy atom. The minimum absolute atomic E-state index is 0.399. The van der Waals surface area contributed by atoms with E-state index in [1.807, 2.05) is 12.4 Å². The van der Waals surface area contributed by atoms with E-state index in [1.165, 1.54) is 34.9 Å². The van der Waals surface area contributed by atoms with Crippen molar-refractivity contribution in [3.05, 3.63) is 36.2 Å². The van der Waals surface area contributed by atoms with Gasteiger partial charge in [0.25, 0.3) is 0 Å².